The van der Waals surface area contributed by atoms with Crippen LogP contribution < -0.4 is 10.5 Å². The monoisotopic (exact) mass is 223 g/mol. The van der Waals surface area contributed by atoms with Crippen molar-refractivity contribution in [2.75, 3.05) is 6.61 Å². The Labute approximate surface area is 95.3 Å². The van der Waals surface area contributed by atoms with E-state index in [0.29, 0.717) is 6.61 Å². The van der Waals surface area contributed by atoms with E-state index in [1.165, 1.54) is 0 Å². The average molecular weight is 223 g/mol. The van der Waals surface area contributed by atoms with Gasteiger partial charge in [-0.25, -0.2) is 0 Å². The highest BCUT2D eigenvalue weighted by atomic mass is 16.5. The second-order valence-electron chi connectivity index (χ2n) is 3.48. The van der Waals surface area contributed by atoms with Crippen molar-refractivity contribution < 1.29 is 14.3 Å². The van der Waals surface area contributed by atoms with Crippen molar-refractivity contribution in [2.24, 2.45) is 5.73 Å². The maximum absolute atomic E-state index is 11.1. The zero-order valence-electron chi connectivity index (χ0n) is 9.60. The molecule has 0 spiro atoms. The normalized spacial score (nSPS) is 11.9. The van der Waals surface area contributed by atoms with E-state index in [1.54, 1.807) is 6.92 Å². The summed E-state index contributed by atoms with van der Waals surface area (Å²) in [7, 11) is 0. The van der Waals surface area contributed by atoms with E-state index in [4.69, 9.17) is 15.2 Å². The molecule has 0 saturated carbocycles. The molecule has 1 atom stereocenters. The van der Waals surface area contributed by atoms with Crippen molar-refractivity contribution in [1.82, 2.24) is 0 Å². The van der Waals surface area contributed by atoms with Crippen molar-refractivity contribution in [1.29, 1.82) is 0 Å². The molecule has 2 N–H and O–H groups in total. The number of rotatable bonds is 5. The Morgan fingerprint density at radius 1 is 1.50 bits per heavy atom. The van der Waals surface area contributed by atoms with Crippen LogP contribution >= 0.6 is 0 Å². The smallest absolute Gasteiger partial charge is 0.322 e. The van der Waals surface area contributed by atoms with Crippen LogP contribution in [-0.2, 0) is 16.1 Å². The summed E-state index contributed by atoms with van der Waals surface area (Å²) in [6, 6.07) is 6.85. The van der Waals surface area contributed by atoms with Crippen LogP contribution in [0, 0.1) is 0 Å². The van der Waals surface area contributed by atoms with Gasteiger partial charge in [0.05, 0.1) is 6.61 Å². The largest absolute Gasteiger partial charge is 0.494 e. The summed E-state index contributed by atoms with van der Waals surface area (Å²) in [5.41, 5.74) is 6.27. The fourth-order valence-corrected chi connectivity index (χ4v) is 1.18. The summed E-state index contributed by atoms with van der Waals surface area (Å²) >= 11 is 0. The molecule has 88 valence electrons. The highest BCUT2D eigenvalue weighted by Gasteiger charge is 2.08. The molecule has 0 amide bonds. The molecule has 1 rings (SSSR count). The Kier molecular flexibility index (Phi) is 4.79. The molecule has 4 heteroatoms. The lowest BCUT2D eigenvalue weighted by Gasteiger charge is -2.08. The third-order valence-electron chi connectivity index (χ3n) is 1.96. The van der Waals surface area contributed by atoms with E-state index in [2.05, 4.69) is 0 Å². The number of esters is 1. The number of ether oxygens (including phenoxy) is 2. The van der Waals surface area contributed by atoms with E-state index in [9.17, 15) is 4.79 Å². The molecule has 0 saturated heterocycles. The zero-order valence-corrected chi connectivity index (χ0v) is 9.60. The second kappa shape index (κ2) is 6.12. The molecule has 0 radical (unpaired) electrons. The first-order chi connectivity index (χ1) is 7.63. The maximum Gasteiger partial charge on any atom is 0.322 e. The van der Waals surface area contributed by atoms with Gasteiger partial charge < -0.3 is 15.2 Å². The SMILES string of the molecule is CCOc1cccc(COC(=O)C(C)N)c1. The average Bonchev–Trinajstić information content (AvgIpc) is 2.26. The maximum atomic E-state index is 11.1. The van der Waals surface area contributed by atoms with E-state index < -0.39 is 12.0 Å². The van der Waals surface area contributed by atoms with Gasteiger partial charge in [-0.1, -0.05) is 12.1 Å². The first kappa shape index (κ1) is 12.5. The Bertz CT molecular complexity index is 350. The van der Waals surface area contributed by atoms with Crippen LogP contribution in [0.15, 0.2) is 24.3 Å². The zero-order chi connectivity index (χ0) is 12.0. The lowest BCUT2D eigenvalue weighted by atomic mass is 10.2. The van der Waals surface area contributed by atoms with Crippen LogP contribution in [0.5, 0.6) is 5.75 Å². The lowest BCUT2D eigenvalue weighted by Crippen LogP contribution is -2.28. The highest BCUT2D eigenvalue weighted by molar-refractivity contribution is 5.74. The molecule has 1 unspecified atom stereocenters. The third kappa shape index (κ3) is 3.90. The Hall–Kier alpha value is -1.55. The summed E-state index contributed by atoms with van der Waals surface area (Å²) < 4.78 is 10.3. The van der Waals surface area contributed by atoms with Crippen molar-refractivity contribution in [2.45, 2.75) is 26.5 Å². The number of hydrogen-bond donors (Lipinski definition) is 1. The molecule has 16 heavy (non-hydrogen) atoms. The fourth-order valence-electron chi connectivity index (χ4n) is 1.18. The van der Waals surface area contributed by atoms with Crippen molar-refractivity contribution in [3.63, 3.8) is 0 Å². The van der Waals surface area contributed by atoms with Gasteiger partial charge in [0.1, 0.15) is 18.4 Å². The Morgan fingerprint density at radius 3 is 2.88 bits per heavy atom. The van der Waals surface area contributed by atoms with E-state index in [0.717, 1.165) is 11.3 Å². The topological polar surface area (TPSA) is 61.5 Å². The van der Waals surface area contributed by atoms with Gasteiger partial charge in [0.25, 0.3) is 0 Å². The van der Waals surface area contributed by atoms with E-state index in [-0.39, 0.29) is 6.61 Å². The second-order valence-corrected chi connectivity index (χ2v) is 3.48. The van der Waals surface area contributed by atoms with Gasteiger partial charge >= 0.3 is 5.97 Å². The van der Waals surface area contributed by atoms with E-state index in [1.807, 2.05) is 31.2 Å². The molecule has 1 aromatic rings. The predicted molar refractivity (Wildman–Crippen MR) is 61.1 cm³/mol. The van der Waals surface area contributed by atoms with Gasteiger partial charge in [-0.2, -0.15) is 0 Å². The number of hydrogen-bond acceptors (Lipinski definition) is 4. The molecule has 4 nitrogen and oxygen atoms in total. The van der Waals surface area contributed by atoms with Crippen molar-refractivity contribution >= 4 is 5.97 Å². The minimum absolute atomic E-state index is 0.223. The number of carbonyl (C=O) groups excluding carboxylic acids is 1. The quantitative estimate of drug-likeness (QED) is 0.768. The molecule has 0 aromatic heterocycles. The summed E-state index contributed by atoms with van der Waals surface area (Å²) in [5, 5.41) is 0. The van der Waals surface area contributed by atoms with Crippen LogP contribution in [0.2, 0.25) is 0 Å². The number of benzene rings is 1. The van der Waals surface area contributed by atoms with Gasteiger partial charge in [0.2, 0.25) is 0 Å². The molecule has 0 bridgehead atoms. The minimum Gasteiger partial charge on any atom is -0.494 e. The summed E-state index contributed by atoms with van der Waals surface area (Å²) in [5.74, 6) is 0.374. The first-order valence-electron chi connectivity index (χ1n) is 5.27. The molecular weight excluding hydrogens is 206 g/mol. The summed E-state index contributed by atoms with van der Waals surface area (Å²) in [4.78, 5) is 11.1. The van der Waals surface area contributed by atoms with Gasteiger partial charge in [-0.3, -0.25) is 4.79 Å². The van der Waals surface area contributed by atoms with Crippen LogP contribution in [-0.4, -0.2) is 18.6 Å². The van der Waals surface area contributed by atoms with Crippen LogP contribution in [0.4, 0.5) is 0 Å². The van der Waals surface area contributed by atoms with Gasteiger partial charge in [0.15, 0.2) is 0 Å². The Balaban J connectivity index is 2.53. The summed E-state index contributed by atoms with van der Waals surface area (Å²) in [6.45, 7) is 4.35. The number of nitrogens with two attached hydrogens (primary N) is 1. The van der Waals surface area contributed by atoms with Crippen LogP contribution in [0.1, 0.15) is 19.4 Å². The van der Waals surface area contributed by atoms with Crippen LogP contribution in [0.25, 0.3) is 0 Å². The predicted octanol–water partition coefficient (Wildman–Crippen LogP) is 1.48. The minimum atomic E-state index is -0.588. The highest BCUT2D eigenvalue weighted by Crippen LogP contribution is 2.14. The van der Waals surface area contributed by atoms with Crippen LogP contribution in [0.3, 0.4) is 0 Å². The van der Waals surface area contributed by atoms with Gasteiger partial charge in [0, 0.05) is 0 Å². The summed E-state index contributed by atoms with van der Waals surface area (Å²) in [6.07, 6.45) is 0. The first-order valence-corrected chi connectivity index (χ1v) is 5.27. The van der Waals surface area contributed by atoms with Crippen molar-refractivity contribution in [3.05, 3.63) is 29.8 Å². The molecule has 0 aliphatic heterocycles. The Morgan fingerprint density at radius 2 is 2.25 bits per heavy atom. The molecule has 0 fully saturated rings. The molecule has 0 aliphatic carbocycles. The van der Waals surface area contributed by atoms with Gasteiger partial charge in [-0.05, 0) is 31.5 Å². The van der Waals surface area contributed by atoms with Gasteiger partial charge in [-0.15, -0.1) is 0 Å². The standard InChI is InChI=1S/C12H17NO3/c1-3-15-11-6-4-5-10(7-11)8-16-12(14)9(2)13/h4-7,9H,3,8,13H2,1-2H3. The van der Waals surface area contributed by atoms with Crippen molar-refractivity contribution in [3.8, 4) is 5.75 Å². The third-order valence-corrected chi connectivity index (χ3v) is 1.96. The molecular formula is C12H17NO3. The molecule has 0 heterocycles. The van der Waals surface area contributed by atoms with E-state index >= 15 is 0 Å². The molecule has 1 aromatic carbocycles. The molecule has 0 aliphatic rings. The number of carbonyl (C=O) groups is 1. The lowest BCUT2D eigenvalue weighted by molar-refractivity contribution is -0.146. The fraction of sp³-hybridized carbons (Fsp3) is 0.417.